The number of halogens is 1. The summed E-state index contributed by atoms with van der Waals surface area (Å²) >= 11 is 0. The van der Waals surface area contributed by atoms with Crippen LogP contribution in [0.3, 0.4) is 0 Å². The van der Waals surface area contributed by atoms with E-state index in [4.69, 9.17) is 0 Å². The van der Waals surface area contributed by atoms with Gasteiger partial charge in [-0.3, -0.25) is 4.79 Å². The SMILES string of the molecule is CCCCCn1cc(C(=O)NC(C)(C)c2ccccc2)c2cc(F)ccc21. The fraction of sp³-hybridized carbons (Fsp3) is 0.348. The van der Waals surface area contributed by atoms with E-state index in [0.29, 0.717) is 10.9 Å². The number of benzene rings is 2. The van der Waals surface area contributed by atoms with Gasteiger partial charge in [-0.25, -0.2) is 4.39 Å². The third kappa shape index (κ3) is 4.21. The number of unbranched alkanes of at least 4 members (excludes halogenated alkanes) is 2. The Morgan fingerprint density at radius 3 is 2.56 bits per heavy atom. The number of nitrogens with zero attached hydrogens (tertiary/aromatic N) is 1. The standard InChI is InChI=1S/C23H27FN2O/c1-4-5-9-14-26-16-20(19-15-18(24)12-13-21(19)26)22(27)25-23(2,3)17-10-7-6-8-11-17/h6-8,10-13,15-16H,4-5,9,14H2,1-3H3,(H,25,27). The molecule has 1 amide bonds. The Kier molecular flexibility index (Phi) is 5.64. The second-order valence-electron chi connectivity index (χ2n) is 7.55. The lowest BCUT2D eigenvalue weighted by molar-refractivity contribution is 0.0913. The third-order valence-corrected chi connectivity index (χ3v) is 5.01. The van der Waals surface area contributed by atoms with E-state index in [-0.39, 0.29) is 11.7 Å². The van der Waals surface area contributed by atoms with Crippen LogP contribution in [0.2, 0.25) is 0 Å². The zero-order chi connectivity index (χ0) is 19.4. The highest BCUT2D eigenvalue weighted by molar-refractivity contribution is 6.07. The summed E-state index contributed by atoms with van der Waals surface area (Å²) < 4.78 is 15.9. The number of aryl methyl sites for hydroxylation is 1. The van der Waals surface area contributed by atoms with Crippen LogP contribution >= 0.6 is 0 Å². The molecule has 0 radical (unpaired) electrons. The predicted molar refractivity (Wildman–Crippen MR) is 108 cm³/mol. The van der Waals surface area contributed by atoms with Gasteiger partial charge in [0.25, 0.3) is 5.91 Å². The maximum absolute atomic E-state index is 13.9. The molecule has 1 heterocycles. The number of rotatable bonds is 7. The smallest absolute Gasteiger partial charge is 0.254 e. The van der Waals surface area contributed by atoms with E-state index < -0.39 is 5.54 Å². The van der Waals surface area contributed by atoms with Gasteiger partial charge in [-0.05, 0) is 44.0 Å². The summed E-state index contributed by atoms with van der Waals surface area (Å²) in [6, 6.07) is 14.5. The van der Waals surface area contributed by atoms with Crippen LogP contribution in [0.25, 0.3) is 10.9 Å². The lowest BCUT2D eigenvalue weighted by Gasteiger charge is -2.26. The van der Waals surface area contributed by atoms with E-state index in [2.05, 4.69) is 16.8 Å². The maximum atomic E-state index is 13.9. The van der Waals surface area contributed by atoms with Crippen molar-refractivity contribution < 1.29 is 9.18 Å². The second-order valence-corrected chi connectivity index (χ2v) is 7.55. The highest BCUT2D eigenvalue weighted by Gasteiger charge is 2.25. The Bertz CT molecular complexity index is 928. The van der Waals surface area contributed by atoms with Crippen LogP contribution < -0.4 is 5.32 Å². The third-order valence-electron chi connectivity index (χ3n) is 5.01. The Morgan fingerprint density at radius 1 is 1.11 bits per heavy atom. The van der Waals surface area contributed by atoms with Crippen molar-refractivity contribution >= 4 is 16.8 Å². The van der Waals surface area contributed by atoms with Crippen LogP contribution in [0.5, 0.6) is 0 Å². The van der Waals surface area contributed by atoms with Gasteiger partial charge in [-0.1, -0.05) is 50.1 Å². The molecule has 0 spiro atoms. The van der Waals surface area contributed by atoms with Gasteiger partial charge in [0.2, 0.25) is 0 Å². The van der Waals surface area contributed by atoms with E-state index in [1.54, 1.807) is 6.07 Å². The largest absolute Gasteiger partial charge is 0.347 e. The molecule has 3 rings (SSSR count). The molecule has 0 bridgehead atoms. The van der Waals surface area contributed by atoms with Crippen molar-refractivity contribution in [3.8, 4) is 0 Å². The minimum atomic E-state index is -0.525. The molecule has 0 fully saturated rings. The lowest BCUT2D eigenvalue weighted by Crippen LogP contribution is -2.40. The van der Waals surface area contributed by atoms with E-state index >= 15 is 0 Å². The molecule has 3 aromatic rings. The van der Waals surface area contributed by atoms with Gasteiger partial charge in [0, 0.05) is 23.6 Å². The number of aromatic nitrogens is 1. The minimum absolute atomic E-state index is 0.186. The fourth-order valence-electron chi connectivity index (χ4n) is 3.45. The van der Waals surface area contributed by atoms with Crippen molar-refractivity contribution in [3.05, 3.63) is 71.7 Å². The first kappa shape index (κ1) is 19.2. The molecule has 2 aromatic carbocycles. The van der Waals surface area contributed by atoms with Gasteiger partial charge in [-0.15, -0.1) is 0 Å². The lowest BCUT2D eigenvalue weighted by atomic mass is 9.94. The zero-order valence-corrected chi connectivity index (χ0v) is 16.3. The van der Waals surface area contributed by atoms with Crippen LogP contribution in [0.4, 0.5) is 4.39 Å². The number of carbonyl (C=O) groups is 1. The van der Waals surface area contributed by atoms with Crippen molar-refractivity contribution in [3.63, 3.8) is 0 Å². The van der Waals surface area contributed by atoms with Crippen LogP contribution in [-0.2, 0) is 12.1 Å². The van der Waals surface area contributed by atoms with Gasteiger partial charge < -0.3 is 9.88 Å². The molecule has 0 aliphatic carbocycles. The normalized spacial score (nSPS) is 11.7. The van der Waals surface area contributed by atoms with Gasteiger partial charge in [0.05, 0.1) is 11.1 Å². The number of amides is 1. The van der Waals surface area contributed by atoms with Crippen LogP contribution in [0, 0.1) is 5.82 Å². The molecule has 142 valence electrons. The Hall–Kier alpha value is -2.62. The summed E-state index contributed by atoms with van der Waals surface area (Å²) in [5.74, 6) is -0.515. The highest BCUT2D eigenvalue weighted by Crippen LogP contribution is 2.26. The van der Waals surface area contributed by atoms with Gasteiger partial charge in [0.1, 0.15) is 5.82 Å². The number of hydrogen-bond donors (Lipinski definition) is 1. The first-order chi connectivity index (χ1) is 12.9. The maximum Gasteiger partial charge on any atom is 0.254 e. The van der Waals surface area contributed by atoms with Crippen molar-refractivity contribution in [2.45, 2.75) is 52.1 Å². The topological polar surface area (TPSA) is 34.0 Å². The molecule has 0 atom stereocenters. The monoisotopic (exact) mass is 366 g/mol. The number of carbonyl (C=O) groups excluding carboxylic acids is 1. The quantitative estimate of drug-likeness (QED) is 0.540. The van der Waals surface area contributed by atoms with Crippen molar-refractivity contribution in [1.82, 2.24) is 9.88 Å². The number of hydrogen-bond acceptors (Lipinski definition) is 1. The molecule has 4 heteroatoms. The summed E-state index contributed by atoms with van der Waals surface area (Å²) in [7, 11) is 0. The van der Waals surface area contributed by atoms with Gasteiger partial charge in [0.15, 0.2) is 0 Å². The second kappa shape index (κ2) is 7.95. The van der Waals surface area contributed by atoms with Crippen LogP contribution in [0.15, 0.2) is 54.7 Å². The molecule has 0 saturated heterocycles. The Balaban J connectivity index is 1.93. The highest BCUT2D eigenvalue weighted by atomic mass is 19.1. The molecule has 0 unspecified atom stereocenters. The first-order valence-corrected chi connectivity index (χ1v) is 9.59. The van der Waals surface area contributed by atoms with E-state index in [0.717, 1.165) is 36.9 Å². The molecular formula is C23H27FN2O. The summed E-state index contributed by atoms with van der Waals surface area (Å²) in [6.07, 6.45) is 5.15. The van der Waals surface area contributed by atoms with Gasteiger partial charge in [-0.2, -0.15) is 0 Å². The van der Waals surface area contributed by atoms with Gasteiger partial charge >= 0.3 is 0 Å². The first-order valence-electron chi connectivity index (χ1n) is 9.59. The molecule has 1 aromatic heterocycles. The molecule has 27 heavy (non-hydrogen) atoms. The van der Waals surface area contributed by atoms with Crippen LogP contribution in [-0.4, -0.2) is 10.5 Å². The van der Waals surface area contributed by atoms with E-state index in [9.17, 15) is 9.18 Å². The summed E-state index contributed by atoms with van der Waals surface area (Å²) in [5, 5.41) is 3.77. The number of fused-ring (bicyclic) bond motifs is 1. The average Bonchev–Trinajstić information content (AvgIpc) is 3.00. The Labute approximate surface area is 160 Å². The molecule has 0 aliphatic heterocycles. The molecule has 1 N–H and O–H groups in total. The van der Waals surface area contributed by atoms with Crippen molar-refractivity contribution in [1.29, 1.82) is 0 Å². The zero-order valence-electron chi connectivity index (χ0n) is 16.3. The van der Waals surface area contributed by atoms with Crippen LogP contribution in [0.1, 0.15) is 56.0 Å². The number of nitrogens with one attached hydrogen (secondary N) is 1. The van der Waals surface area contributed by atoms with E-state index in [1.807, 2.05) is 50.4 Å². The van der Waals surface area contributed by atoms with E-state index in [1.165, 1.54) is 12.1 Å². The molecule has 0 aliphatic rings. The summed E-state index contributed by atoms with van der Waals surface area (Å²) in [5.41, 5.74) is 1.92. The fourth-order valence-corrected chi connectivity index (χ4v) is 3.45. The summed E-state index contributed by atoms with van der Waals surface area (Å²) in [4.78, 5) is 13.1. The molecular weight excluding hydrogens is 339 g/mol. The van der Waals surface area contributed by atoms with Crippen molar-refractivity contribution in [2.24, 2.45) is 0 Å². The minimum Gasteiger partial charge on any atom is -0.347 e. The molecule has 0 saturated carbocycles. The van der Waals surface area contributed by atoms with Crippen molar-refractivity contribution in [2.75, 3.05) is 0 Å². The predicted octanol–water partition coefficient (Wildman–Crippen LogP) is 5.64. The Morgan fingerprint density at radius 2 is 1.85 bits per heavy atom. The summed E-state index contributed by atoms with van der Waals surface area (Å²) in [6.45, 7) is 6.93. The molecule has 3 nitrogen and oxygen atoms in total. The average molecular weight is 366 g/mol.